The van der Waals surface area contributed by atoms with Gasteiger partial charge in [0.15, 0.2) is 0 Å². The van der Waals surface area contributed by atoms with Gasteiger partial charge >= 0.3 is 0 Å². The summed E-state index contributed by atoms with van der Waals surface area (Å²) in [5, 5.41) is 0. The molecule has 0 bridgehead atoms. The number of ether oxygens (including phenoxy) is 2. The van der Waals surface area contributed by atoms with Crippen molar-refractivity contribution < 1.29 is 9.47 Å². The highest BCUT2D eigenvalue weighted by Gasteiger charge is 2.03. The quantitative estimate of drug-likeness (QED) is 0.405. The van der Waals surface area contributed by atoms with Crippen molar-refractivity contribution in [3.8, 4) is 0 Å². The topological polar surface area (TPSA) is 43.7 Å². The average molecular weight is 222 g/mol. The zero-order chi connectivity index (χ0) is 10.9. The van der Waals surface area contributed by atoms with E-state index in [4.69, 9.17) is 9.47 Å². The summed E-state index contributed by atoms with van der Waals surface area (Å²) in [7, 11) is 3.76. The van der Waals surface area contributed by atoms with Crippen LogP contribution in [0.3, 0.4) is 0 Å². The van der Waals surface area contributed by atoms with Crippen LogP contribution < -0.4 is 0 Å². The monoisotopic (exact) mass is 222 g/mol. The van der Waals surface area contributed by atoms with Gasteiger partial charge in [-0.2, -0.15) is 0 Å². The van der Waals surface area contributed by atoms with Crippen molar-refractivity contribution in [3.05, 3.63) is 30.1 Å². The molecule has 0 fully saturated rings. The second kappa shape index (κ2) is 7.28. The van der Waals surface area contributed by atoms with Gasteiger partial charge in [0.2, 0.25) is 0 Å². The van der Waals surface area contributed by atoms with Gasteiger partial charge in [0.05, 0.1) is 5.69 Å². The highest BCUT2D eigenvalue weighted by molar-refractivity contribution is 6.37. The SMILES string of the molecule is COC(OC)[Si]CN=Cc1ccccn1. The van der Waals surface area contributed by atoms with Crippen LogP contribution in [0.25, 0.3) is 0 Å². The van der Waals surface area contributed by atoms with Crippen molar-refractivity contribution >= 4 is 15.7 Å². The van der Waals surface area contributed by atoms with E-state index < -0.39 is 0 Å². The van der Waals surface area contributed by atoms with E-state index in [9.17, 15) is 0 Å². The summed E-state index contributed by atoms with van der Waals surface area (Å²) in [4.78, 5) is 8.37. The number of rotatable bonds is 6. The fourth-order valence-corrected chi connectivity index (χ4v) is 1.66. The van der Waals surface area contributed by atoms with E-state index in [0.717, 1.165) is 5.69 Å². The third-order valence-electron chi connectivity index (χ3n) is 1.69. The lowest BCUT2D eigenvalue weighted by molar-refractivity contribution is -0.0439. The Morgan fingerprint density at radius 2 is 2.27 bits per heavy atom. The standard InChI is InChI=1S/C10H14N2O2Si/c1-13-10(14-2)15-8-11-7-9-5-3-4-6-12-9/h3-7,10H,8H2,1-2H3. The first-order valence-corrected chi connectivity index (χ1v) is 5.85. The Morgan fingerprint density at radius 1 is 1.47 bits per heavy atom. The molecular weight excluding hydrogens is 208 g/mol. The van der Waals surface area contributed by atoms with Crippen LogP contribution >= 0.6 is 0 Å². The predicted octanol–water partition coefficient (Wildman–Crippen LogP) is 0.739. The highest BCUT2D eigenvalue weighted by Crippen LogP contribution is 1.90. The van der Waals surface area contributed by atoms with Gasteiger partial charge in [-0.15, -0.1) is 0 Å². The molecule has 0 saturated carbocycles. The Balaban J connectivity index is 2.28. The van der Waals surface area contributed by atoms with E-state index in [-0.39, 0.29) is 5.91 Å². The van der Waals surface area contributed by atoms with Crippen molar-refractivity contribution in [2.24, 2.45) is 4.99 Å². The number of methoxy groups -OCH3 is 2. The van der Waals surface area contributed by atoms with Crippen LogP contribution in [0.5, 0.6) is 0 Å². The van der Waals surface area contributed by atoms with E-state index in [0.29, 0.717) is 15.7 Å². The normalized spacial score (nSPS) is 11.4. The maximum absolute atomic E-state index is 5.05. The molecule has 2 radical (unpaired) electrons. The minimum absolute atomic E-state index is 0.147. The van der Waals surface area contributed by atoms with Gasteiger partial charge in [-0.05, 0) is 12.1 Å². The Kier molecular flexibility index (Phi) is 5.83. The van der Waals surface area contributed by atoms with E-state index in [1.54, 1.807) is 26.6 Å². The molecule has 0 aliphatic carbocycles. The molecule has 0 spiro atoms. The molecule has 0 N–H and O–H groups in total. The van der Waals surface area contributed by atoms with E-state index >= 15 is 0 Å². The lowest BCUT2D eigenvalue weighted by Crippen LogP contribution is -2.23. The molecule has 15 heavy (non-hydrogen) atoms. The van der Waals surface area contributed by atoms with Crippen molar-refractivity contribution in [2.45, 2.75) is 5.91 Å². The zero-order valence-electron chi connectivity index (χ0n) is 8.88. The first-order valence-electron chi connectivity index (χ1n) is 4.56. The van der Waals surface area contributed by atoms with Gasteiger partial charge in [-0.25, -0.2) is 0 Å². The van der Waals surface area contributed by atoms with E-state index in [1.807, 2.05) is 18.2 Å². The zero-order valence-corrected chi connectivity index (χ0v) is 9.88. The maximum atomic E-state index is 5.05. The van der Waals surface area contributed by atoms with Crippen LogP contribution in [-0.2, 0) is 9.47 Å². The maximum Gasteiger partial charge on any atom is 0.144 e. The Morgan fingerprint density at radius 3 is 2.87 bits per heavy atom. The molecule has 5 heteroatoms. The second-order valence-electron chi connectivity index (χ2n) is 2.73. The van der Waals surface area contributed by atoms with Gasteiger partial charge in [0, 0.05) is 32.8 Å². The summed E-state index contributed by atoms with van der Waals surface area (Å²) in [6.45, 7) is 0. The van der Waals surface area contributed by atoms with Crippen molar-refractivity contribution in [3.63, 3.8) is 0 Å². The van der Waals surface area contributed by atoms with Gasteiger partial charge in [-0.1, -0.05) is 6.07 Å². The molecule has 0 aromatic carbocycles. The fourth-order valence-electron chi connectivity index (χ4n) is 0.982. The molecule has 80 valence electrons. The largest absolute Gasteiger partial charge is 0.360 e. The van der Waals surface area contributed by atoms with Crippen LogP contribution in [0.2, 0.25) is 0 Å². The van der Waals surface area contributed by atoms with Gasteiger partial charge < -0.3 is 9.47 Å². The first kappa shape index (κ1) is 12.0. The van der Waals surface area contributed by atoms with Crippen LogP contribution in [0, 0.1) is 0 Å². The Labute approximate surface area is 92.2 Å². The summed E-state index contributed by atoms with van der Waals surface area (Å²) in [6, 6.07) is 5.73. The van der Waals surface area contributed by atoms with Crippen molar-refractivity contribution in [1.29, 1.82) is 0 Å². The molecule has 1 heterocycles. The van der Waals surface area contributed by atoms with Gasteiger partial charge in [0.25, 0.3) is 0 Å². The van der Waals surface area contributed by atoms with E-state index in [1.165, 1.54) is 0 Å². The predicted molar refractivity (Wildman–Crippen MR) is 60.3 cm³/mol. The number of hydrogen-bond acceptors (Lipinski definition) is 4. The lowest BCUT2D eigenvalue weighted by Gasteiger charge is -2.09. The number of hydrogen-bond donors (Lipinski definition) is 0. The third kappa shape index (κ3) is 4.82. The average Bonchev–Trinajstić information content (AvgIpc) is 2.31. The molecule has 0 aliphatic heterocycles. The third-order valence-corrected chi connectivity index (χ3v) is 2.86. The van der Waals surface area contributed by atoms with Crippen LogP contribution in [0.1, 0.15) is 5.69 Å². The summed E-state index contributed by atoms with van der Waals surface area (Å²) >= 11 is 0. The molecule has 0 unspecified atom stereocenters. The summed E-state index contributed by atoms with van der Waals surface area (Å²) in [5.74, 6) is -0.147. The van der Waals surface area contributed by atoms with E-state index in [2.05, 4.69) is 9.98 Å². The molecule has 0 aliphatic rings. The van der Waals surface area contributed by atoms with Crippen LogP contribution in [-0.4, -0.2) is 47.0 Å². The lowest BCUT2D eigenvalue weighted by atomic mass is 10.4. The van der Waals surface area contributed by atoms with Crippen LogP contribution in [0.15, 0.2) is 29.4 Å². The molecule has 1 aromatic heterocycles. The molecule has 0 saturated heterocycles. The number of aromatic nitrogens is 1. The molecule has 1 rings (SSSR count). The number of aliphatic imine (C=N–C) groups is 1. The minimum atomic E-state index is -0.147. The first-order chi connectivity index (χ1) is 7.36. The van der Waals surface area contributed by atoms with Gasteiger partial charge in [-0.3, -0.25) is 9.98 Å². The number of nitrogens with zero attached hydrogens (tertiary/aromatic N) is 2. The van der Waals surface area contributed by atoms with Crippen LogP contribution in [0.4, 0.5) is 0 Å². The molecule has 0 atom stereocenters. The summed E-state index contributed by atoms with van der Waals surface area (Å²) in [5.41, 5.74) is 0.869. The Bertz CT molecular complexity index is 289. The second-order valence-corrected chi connectivity index (χ2v) is 3.93. The summed E-state index contributed by atoms with van der Waals surface area (Å²) < 4.78 is 10.1. The number of pyridine rings is 1. The van der Waals surface area contributed by atoms with Gasteiger partial charge in [0.1, 0.15) is 15.4 Å². The molecular formula is C10H14N2O2Si. The summed E-state index contributed by atoms with van der Waals surface area (Å²) in [6.07, 6.45) is 4.20. The molecule has 0 amide bonds. The minimum Gasteiger partial charge on any atom is -0.360 e. The fraction of sp³-hybridized carbons (Fsp3) is 0.400. The van der Waals surface area contributed by atoms with Crippen molar-refractivity contribution in [1.82, 2.24) is 4.98 Å². The molecule has 4 nitrogen and oxygen atoms in total. The highest BCUT2D eigenvalue weighted by atomic mass is 28.2. The van der Waals surface area contributed by atoms with Crippen molar-refractivity contribution in [2.75, 3.05) is 20.4 Å². The smallest absolute Gasteiger partial charge is 0.144 e. The molecule has 1 aromatic rings. The Hall–Kier alpha value is -1.04.